The molecule has 0 unspecified atom stereocenters. The van der Waals surface area contributed by atoms with Gasteiger partial charge in [0.15, 0.2) is 0 Å². The van der Waals surface area contributed by atoms with E-state index in [1.807, 2.05) is 26.0 Å². The Labute approximate surface area is 217 Å². The maximum atomic E-state index is 12.7. The Morgan fingerprint density at radius 2 is 1.57 bits per heavy atom. The first-order valence-electron chi connectivity index (χ1n) is 12.4. The molecule has 1 atom stereocenters. The first kappa shape index (κ1) is 27.5. The Balaban J connectivity index is 1.56. The number of esters is 1. The van der Waals surface area contributed by atoms with Crippen LogP contribution in [0.1, 0.15) is 63.6 Å². The number of unbranched alkanes of at least 4 members (excludes halogenated alkanes) is 2. The number of rotatable bonds is 12. The van der Waals surface area contributed by atoms with Gasteiger partial charge in [-0.25, -0.2) is 9.59 Å². The lowest BCUT2D eigenvalue weighted by Crippen LogP contribution is -2.42. The summed E-state index contributed by atoms with van der Waals surface area (Å²) < 4.78 is 11.1. The van der Waals surface area contributed by atoms with E-state index in [0.717, 1.165) is 30.4 Å². The second kappa shape index (κ2) is 13.3. The molecule has 0 saturated heterocycles. The van der Waals surface area contributed by atoms with Crippen LogP contribution in [0.4, 0.5) is 0 Å². The number of carboxylic acids is 1. The molecule has 0 fully saturated rings. The van der Waals surface area contributed by atoms with Crippen molar-refractivity contribution < 1.29 is 29.0 Å². The smallest absolute Gasteiger partial charge is 0.343 e. The lowest BCUT2D eigenvalue weighted by atomic mass is 10.0. The van der Waals surface area contributed by atoms with E-state index in [9.17, 15) is 19.5 Å². The molecule has 37 heavy (non-hydrogen) atoms. The minimum Gasteiger partial charge on any atom is -0.494 e. The summed E-state index contributed by atoms with van der Waals surface area (Å²) in [5.74, 6) is -1.04. The Morgan fingerprint density at radius 1 is 0.892 bits per heavy atom. The van der Waals surface area contributed by atoms with E-state index >= 15 is 0 Å². The summed E-state index contributed by atoms with van der Waals surface area (Å²) >= 11 is 0. The monoisotopic (exact) mass is 503 g/mol. The van der Waals surface area contributed by atoms with Gasteiger partial charge in [0, 0.05) is 12.0 Å². The van der Waals surface area contributed by atoms with Gasteiger partial charge < -0.3 is 19.9 Å². The average Bonchev–Trinajstić information content (AvgIpc) is 2.87. The molecule has 2 N–H and O–H groups in total. The van der Waals surface area contributed by atoms with E-state index in [2.05, 4.69) is 12.2 Å². The third-order valence-electron chi connectivity index (χ3n) is 5.91. The van der Waals surface area contributed by atoms with Crippen LogP contribution in [0.25, 0.3) is 0 Å². The Morgan fingerprint density at radius 3 is 2.19 bits per heavy atom. The molecule has 0 radical (unpaired) electrons. The van der Waals surface area contributed by atoms with E-state index in [1.54, 1.807) is 54.6 Å². The molecule has 3 aromatic carbocycles. The van der Waals surface area contributed by atoms with E-state index in [0.29, 0.717) is 34.8 Å². The Hall–Kier alpha value is -4.13. The Bertz CT molecular complexity index is 1220. The number of nitrogens with one attached hydrogen (secondary N) is 1. The summed E-state index contributed by atoms with van der Waals surface area (Å²) in [5.41, 5.74) is 3.31. The van der Waals surface area contributed by atoms with Crippen LogP contribution in [-0.4, -0.2) is 35.6 Å². The number of hydrogen-bond acceptors (Lipinski definition) is 5. The first-order valence-corrected chi connectivity index (χ1v) is 12.4. The maximum Gasteiger partial charge on any atom is 0.343 e. The van der Waals surface area contributed by atoms with Crippen molar-refractivity contribution in [2.75, 3.05) is 6.61 Å². The van der Waals surface area contributed by atoms with Crippen LogP contribution in [0.3, 0.4) is 0 Å². The summed E-state index contributed by atoms with van der Waals surface area (Å²) in [4.78, 5) is 36.9. The molecule has 7 heteroatoms. The number of ether oxygens (including phenoxy) is 2. The van der Waals surface area contributed by atoms with Gasteiger partial charge >= 0.3 is 11.9 Å². The molecule has 194 valence electrons. The summed E-state index contributed by atoms with van der Waals surface area (Å²) in [7, 11) is 0. The minimum absolute atomic E-state index is 0.0833. The molecule has 0 heterocycles. The number of carboxylic acid groups (broad SMARTS) is 1. The highest BCUT2D eigenvalue weighted by Crippen LogP contribution is 2.18. The SMILES string of the molecule is CCCCCOc1ccc(C(=O)Oc2ccc(C[C@H](NC(=O)c3ccc(C)cc3C)C(=O)O)cc2)cc1. The predicted molar refractivity (Wildman–Crippen MR) is 141 cm³/mol. The number of amides is 1. The van der Waals surface area contributed by atoms with Gasteiger partial charge in [0.1, 0.15) is 17.5 Å². The van der Waals surface area contributed by atoms with Crippen LogP contribution in [0, 0.1) is 13.8 Å². The van der Waals surface area contributed by atoms with Crippen molar-refractivity contribution in [2.45, 2.75) is 52.5 Å². The third-order valence-corrected chi connectivity index (χ3v) is 5.91. The largest absolute Gasteiger partial charge is 0.494 e. The van der Waals surface area contributed by atoms with E-state index in [4.69, 9.17) is 9.47 Å². The van der Waals surface area contributed by atoms with Crippen LogP contribution in [0.15, 0.2) is 66.7 Å². The van der Waals surface area contributed by atoms with Crippen molar-refractivity contribution >= 4 is 17.8 Å². The molecular weight excluding hydrogens is 470 g/mol. The second-order valence-corrected chi connectivity index (χ2v) is 9.00. The van der Waals surface area contributed by atoms with Crippen LogP contribution in [0.2, 0.25) is 0 Å². The molecule has 0 aliphatic heterocycles. The highest BCUT2D eigenvalue weighted by Gasteiger charge is 2.22. The van der Waals surface area contributed by atoms with Gasteiger partial charge in [0.2, 0.25) is 0 Å². The van der Waals surface area contributed by atoms with Crippen molar-refractivity contribution in [3.8, 4) is 11.5 Å². The second-order valence-electron chi connectivity index (χ2n) is 9.00. The van der Waals surface area contributed by atoms with Gasteiger partial charge in [-0.05, 0) is 73.9 Å². The fraction of sp³-hybridized carbons (Fsp3) is 0.300. The van der Waals surface area contributed by atoms with Crippen molar-refractivity contribution in [1.29, 1.82) is 0 Å². The van der Waals surface area contributed by atoms with E-state index < -0.39 is 23.9 Å². The molecule has 0 aliphatic carbocycles. The molecule has 3 rings (SSSR count). The molecular formula is C30H33NO6. The zero-order valence-corrected chi connectivity index (χ0v) is 21.5. The number of carbonyl (C=O) groups excluding carboxylic acids is 2. The van der Waals surface area contributed by atoms with Crippen LogP contribution >= 0.6 is 0 Å². The summed E-state index contributed by atoms with van der Waals surface area (Å²) in [5, 5.41) is 12.2. The van der Waals surface area contributed by atoms with E-state index in [-0.39, 0.29) is 6.42 Å². The zero-order chi connectivity index (χ0) is 26.8. The van der Waals surface area contributed by atoms with Crippen molar-refractivity contribution in [3.63, 3.8) is 0 Å². The van der Waals surface area contributed by atoms with Gasteiger partial charge in [-0.3, -0.25) is 4.79 Å². The number of aryl methyl sites for hydroxylation is 2. The van der Waals surface area contributed by atoms with Crippen molar-refractivity contribution in [2.24, 2.45) is 0 Å². The van der Waals surface area contributed by atoms with E-state index in [1.165, 1.54) is 0 Å². The molecule has 0 aromatic heterocycles. The summed E-state index contributed by atoms with van der Waals surface area (Å²) in [6.45, 7) is 6.52. The van der Waals surface area contributed by atoms with Crippen LogP contribution in [0.5, 0.6) is 11.5 Å². The normalized spacial score (nSPS) is 11.4. The number of aliphatic carboxylic acids is 1. The fourth-order valence-electron chi connectivity index (χ4n) is 3.83. The first-order chi connectivity index (χ1) is 17.8. The molecule has 0 spiro atoms. The molecule has 0 saturated carbocycles. The molecule has 0 aliphatic rings. The average molecular weight is 504 g/mol. The van der Waals surface area contributed by atoms with Crippen LogP contribution in [-0.2, 0) is 11.2 Å². The quantitative estimate of drug-likeness (QED) is 0.192. The van der Waals surface area contributed by atoms with Crippen molar-refractivity contribution in [3.05, 3.63) is 94.5 Å². The molecule has 0 bridgehead atoms. The lowest BCUT2D eigenvalue weighted by Gasteiger charge is -2.16. The zero-order valence-electron chi connectivity index (χ0n) is 21.5. The van der Waals surface area contributed by atoms with Crippen LogP contribution < -0.4 is 14.8 Å². The number of hydrogen-bond donors (Lipinski definition) is 2. The summed E-state index contributed by atoms with van der Waals surface area (Å²) in [6, 6.07) is 17.6. The standard InChI is InChI=1S/C30H33NO6/c1-4-5-6-17-36-24-14-10-23(11-15-24)30(35)37-25-12-8-22(9-13-25)19-27(29(33)34)31-28(32)26-16-7-20(2)18-21(26)3/h7-16,18,27H,4-6,17,19H2,1-3H3,(H,31,32)(H,33,34)/t27-/m0/s1. The maximum absolute atomic E-state index is 12.7. The highest BCUT2D eigenvalue weighted by atomic mass is 16.5. The fourth-order valence-corrected chi connectivity index (χ4v) is 3.83. The van der Waals surface area contributed by atoms with Gasteiger partial charge in [0.25, 0.3) is 5.91 Å². The lowest BCUT2D eigenvalue weighted by molar-refractivity contribution is -0.139. The molecule has 3 aromatic rings. The van der Waals surface area contributed by atoms with Crippen molar-refractivity contribution in [1.82, 2.24) is 5.32 Å². The number of carbonyl (C=O) groups is 3. The summed E-state index contributed by atoms with van der Waals surface area (Å²) in [6.07, 6.45) is 3.31. The minimum atomic E-state index is -1.13. The third kappa shape index (κ3) is 8.20. The van der Waals surface area contributed by atoms with Gasteiger partial charge in [-0.2, -0.15) is 0 Å². The number of benzene rings is 3. The van der Waals surface area contributed by atoms with Gasteiger partial charge in [0.05, 0.1) is 12.2 Å². The predicted octanol–water partition coefficient (Wildman–Crippen LogP) is 5.52. The van der Waals surface area contributed by atoms with Gasteiger partial charge in [-0.15, -0.1) is 0 Å². The Kier molecular flexibility index (Phi) is 9.84. The van der Waals surface area contributed by atoms with Gasteiger partial charge in [-0.1, -0.05) is 49.6 Å². The molecule has 7 nitrogen and oxygen atoms in total. The molecule has 1 amide bonds. The highest BCUT2D eigenvalue weighted by molar-refractivity contribution is 5.98. The topological polar surface area (TPSA) is 102 Å².